The van der Waals surface area contributed by atoms with Crippen LogP contribution in [0.25, 0.3) is 0 Å². The number of methoxy groups -OCH3 is 1. The van der Waals surface area contributed by atoms with E-state index in [2.05, 4.69) is 55.7 Å². The minimum absolute atomic E-state index is 0.497. The molecule has 0 aliphatic carbocycles. The number of nitrogens with zero attached hydrogens (tertiary/aromatic N) is 2. The smallest absolute Gasteiger partial charge is 0.124 e. The van der Waals surface area contributed by atoms with Crippen molar-refractivity contribution in [1.82, 2.24) is 4.90 Å². The van der Waals surface area contributed by atoms with Crippen LogP contribution in [0.5, 0.6) is 5.75 Å². The largest absolute Gasteiger partial charge is 0.496 e. The molecule has 1 saturated heterocycles. The average Bonchev–Trinajstić information content (AvgIpc) is 2.46. The number of anilines is 1. The van der Waals surface area contributed by atoms with E-state index in [4.69, 9.17) is 4.74 Å². The lowest BCUT2D eigenvalue weighted by Crippen LogP contribution is -2.47. The summed E-state index contributed by atoms with van der Waals surface area (Å²) in [6, 6.07) is 6.67. The zero-order valence-electron chi connectivity index (χ0n) is 14.2. The molecule has 0 radical (unpaired) electrons. The second kappa shape index (κ2) is 7.17. The monoisotopic (exact) mass is 290 g/mol. The quantitative estimate of drug-likeness (QED) is 0.824. The van der Waals surface area contributed by atoms with Crippen molar-refractivity contribution in [3.8, 4) is 5.75 Å². The summed E-state index contributed by atoms with van der Waals surface area (Å²) in [5, 5.41) is 0. The fourth-order valence-electron chi connectivity index (χ4n) is 3.08. The molecule has 0 bridgehead atoms. The maximum Gasteiger partial charge on any atom is 0.124 e. The second-order valence-electron chi connectivity index (χ2n) is 6.76. The molecule has 1 aliphatic rings. The summed E-state index contributed by atoms with van der Waals surface area (Å²) in [4.78, 5) is 5.05. The molecule has 3 heteroatoms. The summed E-state index contributed by atoms with van der Waals surface area (Å²) in [6.45, 7) is 14.8. The summed E-state index contributed by atoms with van der Waals surface area (Å²) in [5.74, 6) is 2.27. The Morgan fingerprint density at radius 1 is 1.05 bits per heavy atom. The number of hydrogen-bond donors (Lipinski definition) is 0. The van der Waals surface area contributed by atoms with Gasteiger partial charge in [-0.05, 0) is 23.5 Å². The van der Waals surface area contributed by atoms with E-state index in [0.29, 0.717) is 5.92 Å². The predicted molar refractivity (Wildman–Crippen MR) is 90.6 cm³/mol. The van der Waals surface area contributed by atoms with Gasteiger partial charge in [0.15, 0.2) is 0 Å². The van der Waals surface area contributed by atoms with Crippen LogP contribution in [0.4, 0.5) is 5.69 Å². The van der Waals surface area contributed by atoms with Crippen LogP contribution in [-0.4, -0.2) is 44.7 Å². The Hall–Kier alpha value is -1.22. The molecule has 1 heterocycles. The van der Waals surface area contributed by atoms with Gasteiger partial charge in [-0.2, -0.15) is 0 Å². The van der Waals surface area contributed by atoms with E-state index in [-0.39, 0.29) is 0 Å². The van der Waals surface area contributed by atoms with Crippen molar-refractivity contribution in [3.63, 3.8) is 0 Å². The molecule has 1 aromatic carbocycles. The van der Waals surface area contributed by atoms with Crippen molar-refractivity contribution in [2.24, 2.45) is 5.92 Å². The zero-order valence-corrected chi connectivity index (χ0v) is 14.2. The van der Waals surface area contributed by atoms with Gasteiger partial charge in [0.25, 0.3) is 0 Å². The molecule has 0 N–H and O–H groups in total. The van der Waals surface area contributed by atoms with Crippen LogP contribution in [0, 0.1) is 5.92 Å². The van der Waals surface area contributed by atoms with Crippen molar-refractivity contribution < 1.29 is 4.74 Å². The van der Waals surface area contributed by atoms with E-state index in [1.54, 1.807) is 7.11 Å². The Kier molecular flexibility index (Phi) is 5.51. The Balaban J connectivity index is 2.03. The molecule has 0 atom stereocenters. The van der Waals surface area contributed by atoms with E-state index >= 15 is 0 Å². The Morgan fingerprint density at radius 2 is 1.71 bits per heavy atom. The van der Waals surface area contributed by atoms with Crippen LogP contribution in [-0.2, 0) is 0 Å². The summed E-state index contributed by atoms with van der Waals surface area (Å²) >= 11 is 0. The van der Waals surface area contributed by atoms with Crippen molar-refractivity contribution in [3.05, 3.63) is 23.8 Å². The summed E-state index contributed by atoms with van der Waals surface area (Å²) in [6.07, 6.45) is 0. The normalized spacial score (nSPS) is 16.8. The molecule has 3 nitrogen and oxygen atoms in total. The van der Waals surface area contributed by atoms with Gasteiger partial charge in [-0.25, -0.2) is 0 Å². The molecule has 1 aromatic rings. The highest BCUT2D eigenvalue weighted by atomic mass is 16.5. The Bertz CT molecular complexity index is 449. The number of hydrogen-bond acceptors (Lipinski definition) is 3. The number of benzene rings is 1. The van der Waals surface area contributed by atoms with Gasteiger partial charge in [-0.15, -0.1) is 0 Å². The van der Waals surface area contributed by atoms with Gasteiger partial charge in [0.2, 0.25) is 0 Å². The number of ether oxygens (including phenoxy) is 1. The molecule has 0 amide bonds. The molecule has 118 valence electrons. The highest BCUT2D eigenvalue weighted by Crippen LogP contribution is 2.31. The van der Waals surface area contributed by atoms with Crippen LogP contribution in [0.15, 0.2) is 18.2 Å². The lowest BCUT2D eigenvalue weighted by Gasteiger charge is -2.37. The van der Waals surface area contributed by atoms with Crippen LogP contribution >= 0.6 is 0 Å². The standard InChI is InChI=1S/C18H30N2O/c1-14(2)13-19-8-10-20(11-9-19)16-6-7-17(15(3)4)18(12-16)21-5/h6-7,12,14-15H,8-11,13H2,1-5H3. The topological polar surface area (TPSA) is 15.7 Å². The lowest BCUT2D eigenvalue weighted by molar-refractivity contribution is 0.231. The van der Waals surface area contributed by atoms with Gasteiger partial charge in [-0.1, -0.05) is 33.8 Å². The third-order valence-electron chi connectivity index (χ3n) is 4.20. The molecule has 21 heavy (non-hydrogen) atoms. The highest BCUT2D eigenvalue weighted by Gasteiger charge is 2.19. The maximum atomic E-state index is 5.57. The molecular weight excluding hydrogens is 260 g/mol. The van der Waals surface area contributed by atoms with E-state index in [1.807, 2.05) is 0 Å². The van der Waals surface area contributed by atoms with Crippen LogP contribution < -0.4 is 9.64 Å². The van der Waals surface area contributed by atoms with Gasteiger partial charge < -0.3 is 9.64 Å². The predicted octanol–water partition coefficient (Wildman–Crippen LogP) is 3.60. The van der Waals surface area contributed by atoms with Crippen molar-refractivity contribution in [2.45, 2.75) is 33.6 Å². The molecule has 0 unspecified atom stereocenters. The van der Waals surface area contributed by atoms with E-state index in [9.17, 15) is 0 Å². The van der Waals surface area contributed by atoms with Gasteiger partial charge in [0.05, 0.1) is 7.11 Å². The third-order valence-corrected chi connectivity index (χ3v) is 4.20. The molecule has 1 fully saturated rings. The maximum absolute atomic E-state index is 5.57. The van der Waals surface area contributed by atoms with Crippen LogP contribution in [0.2, 0.25) is 0 Å². The SMILES string of the molecule is COc1cc(N2CCN(CC(C)C)CC2)ccc1C(C)C. The minimum Gasteiger partial charge on any atom is -0.496 e. The summed E-state index contributed by atoms with van der Waals surface area (Å²) < 4.78 is 5.57. The first-order valence-corrected chi connectivity index (χ1v) is 8.16. The Morgan fingerprint density at radius 3 is 2.24 bits per heavy atom. The van der Waals surface area contributed by atoms with Crippen molar-refractivity contribution in [2.75, 3.05) is 44.7 Å². The molecule has 0 spiro atoms. The van der Waals surface area contributed by atoms with Crippen molar-refractivity contribution >= 4 is 5.69 Å². The second-order valence-corrected chi connectivity index (χ2v) is 6.76. The van der Waals surface area contributed by atoms with E-state index in [0.717, 1.165) is 37.8 Å². The molecule has 0 saturated carbocycles. The number of piperazine rings is 1. The van der Waals surface area contributed by atoms with Crippen molar-refractivity contribution in [1.29, 1.82) is 0 Å². The van der Waals surface area contributed by atoms with Gasteiger partial charge in [0.1, 0.15) is 5.75 Å². The number of rotatable bonds is 5. The summed E-state index contributed by atoms with van der Waals surface area (Å²) in [5.41, 5.74) is 2.58. The first-order chi connectivity index (χ1) is 10.0. The highest BCUT2D eigenvalue weighted by molar-refractivity contribution is 5.54. The minimum atomic E-state index is 0.497. The fraction of sp³-hybridized carbons (Fsp3) is 0.667. The Labute approximate surface area is 129 Å². The van der Waals surface area contributed by atoms with Gasteiger partial charge in [-0.3, -0.25) is 4.90 Å². The van der Waals surface area contributed by atoms with Gasteiger partial charge >= 0.3 is 0 Å². The third kappa shape index (κ3) is 4.13. The van der Waals surface area contributed by atoms with E-state index in [1.165, 1.54) is 17.8 Å². The van der Waals surface area contributed by atoms with Crippen LogP contribution in [0.3, 0.4) is 0 Å². The van der Waals surface area contributed by atoms with Gasteiger partial charge in [0, 0.05) is 44.5 Å². The first-order valence-electron chi connectivity index (χ1n) is 8.16. The molecule has 0 aromatic heterocycles. The average molecular weight is 290 g/mol. The molecule has 1 aliphatic heterocycles. The van der Waals surface area contributed by atoms with E-state index < -0.39 is 0 Å². The molecular formula is C18H30N2O. The first kappa shape index (κ1) is 16.2. The zero-order chi connectivity index (χ0) is 15.4. The summed E-state index contributed by atoms with van der Waals surface area (Å²) in [7, 11) is 1.77. The molecule has 2 rings (SSSR count). The lowest BCUT2D eigenvalue weighted by atomic mass is 10.0. The fourth-order valence-corrected chi connectivity index (χ4v) is 3.08. The van der Waals surface area contributed by atoms with Crippen LogP contribution in [0.1, 0.15) is 39.2 Å².